The van der Waals surface area contributed by atoms with Crippen LogP contribution in [0.5, 0.6) is 11.5 Å². The molecule has 1 saturated carbocycles. The van der Waals surface area contributed by atoms with E-state index in [4.69, 9.17) is 14.2 Å². The van der Waals surface area contributed by atoms with Crippen molar-refractivity contribution in [3.8, 4) is 11.5 Å². The number of hydrogen-bond acceptors (Lipinski definition) is 11. The Hall–Kier alpha value is -4.37. The average Bonchev–Trinajstić information content (AvgIpc) is 3.65. The summed E-state index contributed by atoms with van der Waals surface area (Å²) >= 11 is 0. The lowest BCUT2D eigenvalue weighted by Gasteiger charge is -2.55. The molecule has 3 fully saturated rings. The van der Waals surface area contributed by atoms with Crippen LogP contribution in [0.3, 0.4) is 0 Å². The molecule has 0 unspecified atom stereocenters. The molecular weight excluding hydrogens is 694 g/mol. The van der Waals surface area contributed by atoms with Crippen LogP contribution in [0.15, 0.2) is 84.9 Å². The van der Waals surface area contributed by atoms with Gasteiger partial charge in [0.25, 0.3) is 0 Å². The molecule has 4 aromatic carbocycles. The smallest absolute Gasteiger partial charge is 0.343 e. The first-order valence-corrected chi connectivity index (χ1v) is 18.6. The normalized spacial score (nSPS) is 30.9. The molecule has 2 saturated heterocycles. The monoisotopic (exact) mass is 737 g/mol. The van der Waals surface area contributed by atoms with Crippen molar-refractivity contribution < 1.29 is 54.8 Å². The summed E-state index contributed by atoms with van der Waals surface area (Å²) in [4.78, 5) is 17.6. The van der Waals surface area contributed by atoms with Gasteiger partial charge in [0.05, 0.1) is 29.3 Å². The highest BCUT2D eigenvalue weighted by Crippen LogP contribution is 2.58. The fourth-order valence-corrected chi connectivity index (χ4v) is 10.2. The summed E-state index contributed by atoms with van der Waals surface area (Å²) in [5.74, 6) is -5.52. The number of aliphatic hydroxyl groups is 6. The number of aromatic amines is 1. The van der Waals surface area contributed by atoms with Crippen molar-refractivity contribution >= 4 is 38.4 Å². The van der Waals surface area contributed by atoms with Crippen LogP contribution in [0.25, 0.3) is 32.4 Å². The highest BCUT2D eigenvalue weighted by Gasteiger charge is 2.76. The van der Waals surface area contributed by atoms with Crippen LogP contribution in [0.2, 0.25) is 0 Å². The molecule has 8 N–H and O–H groups in total. The van der Waals surface area contributed by atoms with Crippen LogP contribution >= 0.6 is 0 Å². The third-order valence-electron chi connectivity index (χ3n) is 12.7. The number of H-pyrrole nitrogens is 1. The van der Waals surface area contributed by atoms with Gasteiger partial charge in [0.2, 0.25) is 5.79 Å². The number of aliphatic hydroxyl groups excluding tert-OH is 3. The second kappa shape index (κ2) is 12.9. The topological polar surface area (TPSA) is 202 Å². The molecule has 2 aliphatic heterocycles. The molecule has 1 aromatic heterocycles. The highest BCUT2D eigenvalue weighted by molar-refractivity contribution is 6.14. The van der Waals surface area contributed by atoms with E-state index in [0.717, 1.165) is 46.4 Å². The highest BCUT2D eigenvalue weighted by atomic mass is 16.7. The second-order valence-corrected chi connectivity index (χ2v) is 15.5. The Morgan fingerprint density at radius 1 is 0.926 bits per heavy atom. The van der Waals surface area contributed by atoms with E-state index in [1.165, 1.54) is 6.08 Å². The summed E-state index contributed by atoms with van der Waals surface area (Å²) in [7, 11) is 0. The number of ether oxygens (including phenoxy) is 3. The minimum Gasteiger partial charge on any atom is -0.508 e. The summed E-state index contributed by atoms with van der Waals surface area (Å²) < 4.78 is 18.7. The Balaban J connectivity index is 1.13. The molecule has 0 spiro atoms. The standard InChI is InChI=1S/C42H43NO11/c44-21-30-35(33-28-19-23-7-3-2-6-22(23)18-24(28)8-14-29(33)43-30)53-39(49)36-37-41(50)26(11-15-32(46)42(41,51)54-36)20-31(52-37)34(38(47)48)40(16-4-1-5-17-40)25-9-12-27(45)13-10-25/h2-3,6-15,18-19,26,31-32,34,36-38,43-48,50-51H,1,4-5,16-17,20-21H2/t26-,31-,32+,34+,36+,37-,41+,42-/m0/s1. The molecule has 54 heavy (non-hydrogen) atoms. The van der Waals surface area contributed by atoms with Crippen molar-refractivity contribution in [2.75, 3.05) is 0 Å². The first-order valence-electron chi connectivity index (χ1n) is 18.6. The fraction of sp³-hybridized carbons (Fsp3) is 0.405. The number of rotatable bonds is 7. The van der Waals surface area contributed by atoms with Crippen LogP contribution in [0, 0.1) is 11.8 Å². The number of aromatic nitrogens is 1. The molecule has 4 aliphatic rings. The molecule has 0 bridgehead atoms. The zero-order chi connectivity index (χ0) is 37.6. The van der Waals surface area contributed by atoms with E-state index in [2.05, 4.69) is 4.98 Å². The molecule has 2 aliphatic carbocycles. The van der Waals surface area contributed by atoms with Crippen LogP contribution in [-0.2, 0) is 26.3 Å². The Morgan fingerprint density at radius 3 is 2.35 bits per heavy atom. The van der Waals surface area contributed by atoms with Gasteiger partial charge in [-0.1, -0.05) is 73.9 Å². The third-order valence-corrected chi connectivity index (χ3v) is 12.7. The van der Waals surface area contributed by atoms with E-state index in [9.17, 15) is 40.5 Å². The van der Waals surface area contributed by atoms with Gasteiger partial charge < -0.3 is 54.9 Å². The molecule has 0 amide bonds. The van der Waals surface area contributed by atoms with E-state index in [-0.39, 0.29) is 23.6 Å². The van der Waals surface area contributed by atoms with E-state index >= 15 is 0 Å². The van der Waals surface area contributed by atoms with Crippen LogP contribution in [-0.4, -0.2) is 88.8 Å². The Morgan fingerprint density at radius 2 is 1.65 bits per heavy atom. The molecule has 9 rings (SSSR count). The number of aromatic hydroxyl groups is 1. The van der Waals surface area contributed by atoms with E-state index in [1.54, 1.807) is 30.3 Å². The van der Waals surface area contributed by atoms with Gasteiger partial charge in [0, 0.05) is 17.3 Å². The summed E-state index contributed by atoms with van der Waals surface area (Å²) in [6.07, 6.45) is -1.42. The first kappa shape index (κ1) is 35.3. The number of carbonyl (C=O) groups is 1. The second-order valence-electron chi connectivity index (χ2n) is 15.5. The molecule has 282 valence electrons. The van der Waals surface area contributed by atoms with E-state index < -0.39 is 71.9 Å². The first-order chi connectivity index (χ1) is 26.0. The average molecular weight is 738 g/mol. The van der Waals surface area contributed by atoms with Crippen LogP contribution in [0.4, 0.5) is 0 Å². The van der Waals surface area contributed by atoms with Crippen molar-refractivity contribution in [3.05, 3.63) is 96.2 Å². The van der Waals surface area contributed by atoms with E-state index in [0.29, 0.717) is 23.7 Å². The van der Waals surface area contributed by atoms with Gasteiger partial charge in [-0.3, -0.25) is 0 Å². The quantitative estimate of drug-likeness (QED) is 0.0521. The molecule has 12 heteroatoms. The maximum atomic E-state index is 14.5. The zero-order valence-electron chi connectivity index (χ0n) is 29.3. The van der Waals surface area contributed by atoms with Crippen molar-refractivity contribution in [3.63, 3.8) is 0 Å². The number of phenols is 1. The van der Waals surface area contributed by atoms with Gasteiger partial charge >= 0.3 is 5.97 Å². The van der Waals surface area contributed by atoms with Crippen molar-refractivity contribution in [2.45, 2.75) is 92.6 Å². The predicted octanol–water partition coefficient (Wildman–Crippen LogP) is 3.93. The molecule has 8 atom stereocenters. The molecule has 0 radical (unpaired) electrons. The van der Waals surface area contributed by atoms with Crippen LogP contribution < -0.4 is 4.74 Å². The number of esters is 1. The SMILES string of the molecule is O=C(Oc1c(CO)[nH]c2ccc3cc4ccccc4cc3c12)[C@@H]1O[C@@]2(O)[C@H](O)C=C[C@H]3C[C@@H]([C@H](C(O)O)C4(c5ccc(O)cc5)CCCCC4)O[C@@H]1[C@]32O. The number of benzene rings is 4. The number of hydrogen-bond donors (Lipinski definition) is 8. The maximum Gasteiger partial charge on any atom is 0.343 e. The number of fused-ring (bicyclic) bond motifs is 4. The molecule has 5 aromatic rings. The van der Waals surface area contributed by atoms with Gasteiger partial charge in [-0.25, -0.2) is 4.79 Å². The Kier molecular flexibility index (Phi) is 8.41. The van der Waals surface area contributed by atoms with E-state index in [1.807, 2.05) is 48.5 Å². The Bertz CT molecular complexity index is 2280. The largest absolute Gasteiger partial charge is 0.508 e. The van der Waals surface area contributed by atoms with Gasteiger partial charge in [-0.15, -0.1) is 0 Å². The lowest BCUT2D eigenvalue weighted by molar-refractivity contribution is -0.329. The van der Waals surface area contributed by atoms with Crippen molar-refractivity contribution in [2.24, 2.45) is 11.8 Å². The summed E-state index contributed by atoms with van der Waals surface area (Å²) in [6, 6.07) is 22.3. The fourth-order valence-electron chi connectivity index (χ4n) is 10.2. The third kappa shape index (κ3) is 5.09. The molecule has 12 nitrogen and oxygen atoms in total. The maximum absolute atomic E-state index is 14.5. The summed E-state index contributed by atoms with van der Waals surface area (Å²) in [6.45, 7) is -0.506. The lowest BCUT2D eigenvalue weighted by atomic mass is 9.57. The minimum atomic E-state index is -2.68. The number of phenolic OH excluding ortho intramolecular Hbond substituents is 1. The predicted molar refractivity (Wildman–Crippen MR) is 196 cm³/mol. The van der Waals surface area contributed by atoms with Gasteiger partial charge in [-0.05, 0) is 76.7 Å². The Labute approximate surface area is 309 Å². The molecular formula is C42H43NO11. The van der Waals surface area contributed by atoms with Crippen LogP contribution in [0.1, 0.15) is 49.8 Å². The van der Waals surface area contributed by atoms with Gasteiger partial charge in [0.1, 0.15) is 18.0 Å². The lowest BCUT2D eigenvalue weighted by Crippen LogP contribution is -2.71. The minimum absolute atomic E-state index is 0.00281. The summed E-state index contributed by atoms with van der Waals surface area (Å²) in [5.41, 5.74) is -1.54. The van der Waals surface area contributed by atoms with Crippen molar-refractivity contribution in [1.82, 2.24) is 4.98 Å². The number of carbonyl (C=O) groups excluding carboxylic acids is 1. The van der Waals surface area contributed by atoms with Gasteiger partial charge in [0.15, 0.2) is 23.7 Å². The summed E-state index contributed by atoms with van der Waals surface area (Å²) in [5, 5.41) is 82.4. The van der Waals surface area contributed by atoms with Crippen molar-refractivity contribution in [1.29, 1.82) is 0 Å². The molecule has 3 heterocycles. The van der Waals surface area contributed by atoms with Gasteiger partial charge in [-0.2, -0.15) is 0 Å². The zero-order valence-corrected chi connectivity index (χ0v) is 29.3. The number of nitrogens with one attached hydrogen (secondary N) is 1.